The highest BCUT2D eigenvalue weighted by molar-refractivity contribution is 4.71. The highest BCUT2D eigenvalue weighted by atomic mass is 16.3. The van der Waals surface area contributed by atoms with Crippen LogP contribution in [0.1, 0.15) is 64.2 Å². The summed E-state index contributed by atoms with van der Waals surface area (Å²) in [6.45, 7) is -0.0792. The van der Waals surface area contributed by atoms with Gasteiger partial charge in [-0.2, -0.15) is 20.8 Å². The van der Waals surface area contributed by atoms with Gasteiger partial charge in [-0.15, -0.1) is 0 Å². The molecule has 6 nitrogen and oxygen atoms in total. The molecule has 0 amide bonds. The number of nitriles is 2. The topological polar surface area (TPSA) is 113 Å². The second-order valence-corrected chi connectivity index (χ2v) is 5.42. The van der Waals surface area contributed by atoms with Crippen molar-refractivity contribution in [1.29, 1.82) is 10.5 Å². The molecule has 22 heavy (non-hydrogen) atoms. The molecule has 124 valence electrons. The molecule has 6 heteroatoms. The summed E-state index contributed by atoms with van der Waals surface area (Å²) in [6.07, 6.45) is 8.18. The molecule has 0 aromatic carbocycles. The van der Waals surface area contributed by atoms with Gasteiger partial charge in [-0.25, -0.2) is 0 Å². The molecule has 0 bridgehead atoms. The van der Waals surface area contributed by atoms with Gasteiger partial charge in [-0.3, -0.25) is 0 Å². The maximum Gasteiger partial charge on any atom is 0.0938 e. The van der Waals surface area contributed by atoms with Crippen LogP contribution in [-0.4, -0.2) is 35.5 Å². The molecule has 0 aliphatic rings. The largest absolute Gasteiger partial charge is 0.394 e. The fraction of sp³-hybridized carbons (Fsp3) is 0.875. The van der Waals surface area contributed by atoms with Crippen LogP contribution in [0.25, 0.3) is 0 Å². The second kappa shape index (κ2) is 15.9. The van der Waals surface area contributed by atoms with E-state index in [1.165, 1.54) is 0 Å². The third-order valence-corrected chi connectivity index (χ3v) is 3.47. The van der Waals surface area contributed by atoms with Gasteiger partial charge in [0.1, 0.15) is 0 Å². The first kappa shape index (κ1) is 20.5. The highest BCUT2D eigenvalue weighted by Crippen LogP contribution is 2.12. The second-order valence-electron chi connectivity index (χ2n) is 5.42. The van der Waals surface area contributed by atoms with E-state index in [2.05, 4.69) is 22.4 Å². The average Bonchev–Trinajstić information content (AvgIpc) is 2.55. The Kier molecular flexibility index (Phi) is 14.8. The molecule has 0 aromatic rings. The van der Waals surface area contributed by atoms with Crippen LogP contribution in [0.2, 0.25) is 0 Å². The number of nitrogens with zero attached hydrogens (tertiary/aromatic N) is 4. The lowest BCUT2D eigenvalue weighted by Gasteiger charge is -2.11. The van der Waals surface area contributed by atoms with Crippen LogP contribution in [0.15, 0.2) is 10.2 Å². The Morgan fingerprint density at radius 3 is 1.41 bits per heavy atom. The smallest absolute Gasteiger partial charge is 0.0938 e. The lowest BCUT2D eigenvalue weighted by Crippen LogP contribution is -2.14. The number of rotatable bonds is 14. The molecule has 2 N–H and O–H groups in total. The molecule has 0 radical (unpaired) electrons. The van der Waals surface area contributed by atoms with Crippen LogP contribution in [0.4, 0.5) is 0 Å². The Hall–Kier alpha value is -1.50. The van der Waals surface area contributed by atoms with E-state index in [4.69, 9.17) is 10.5 Å². The normalized spacial score (nSPS) is 13.6. The molecule has 2 unspecified atom stereocenters. The lowest BCUT2D eigenvalue weighted by molar-refractivity contribution is 0.236. The molecule has 0 rings (SSSR count). The van der Waals surface area contributed by atoms with E-state index in [9.17, 15) is 10.2 Å². The van der Waals surface area contributed by atoms with Crippen LogP contribution in [0, 0.1) is 22.7 Å². The van der Waals surface area contributed by atoms with Gasteiger partial charge in [-0.05, 0) is 25.7 Å². The average molecular weight is 308 g/mol. The van der Waals surface area contributed by atoms with E-state index in [0.29, 0.717) is 12.8 Å². The van der Waals surface area contributed by atoms with E-state index in [-0.39, 0.29) is 25.3 Å². The molecule has 0 heterocycles. The zero-order valence-electron chi connectivity index (χ0n) is 13.3. The molecule has 0 aliphatic carbocycles. The van der Waals surface area contributed by atoms with Crippen molar-refractivity contribution >= 4 is 0 Å². The molecule has 0 aromatic heterocycles. The Bertz CT molecular complexity index is 326. The Balaban J connectivity index is 3.92. The zero-order chi connectivity index (χ0) is 16.5. The van der Waals surface area contributed by atoms with Gasteiger partial charge < -0.3 is 10.2 Å². The highest BCUT2D eigenvalue weighted by Gasteiger charge is 2.09. The van der Waals surface area contributed by atoms with Gasteiger partial charge in [0.2, 0.25) is 0 Å². The van der Waals surface area contributed by atoms with Crippen molar-refractivity contribution in [2.24, 2.45) is 10.2 Å². The third kappa shape index (κ3) is 12.3. The first-order chi connectivity index (χ1) is 10.8. The third-order valence-electron chi connectivity index (χ3n) is 3.47. The summed E-state index contributed by atoms with van der Waals surface area (Å²) in [7, 11) is 0. The van der Waals surface area contributed by atoms with Crippen LogP contribution >= 0.6 is 0 Å². The van der Waals surface area contributed by atoms with Crippen molar-refractivity contribution in [1.82, 2.24) is 0 Å². The summed E-state index contributed by atoms with van der Waals surface area (Å²) in [5.41, 5.74) is 0. The number of unbranched alkanes of at least 4 members (excludes halogenated alkanes) is 6. The monoisotopic (exact) mass is 308 g/mol. The number of hydrogen-bond donors (Lipinski definition) is 2. The van der Waals surface area contributed by atoms with Gasteiger partial charge >= 0.3 is 0 Å². The minimum Gasteiger partial charge on any atom is -0.394 e. The number of hydrogen-bond acceptors (Lipinski definition) is 6. The first-order valence-corrected chi connectivity index (χ1v) is 8.14. The minimum atomic E-state index is -0.213. The molecule has 0 saturated heterocycles. The summed E-state index contributed by atoms with van der Waals surface area (Å²) >= 11 is 0. The van der Waals surface area contributed by atoms with Crippen molar-refractivity contribution < 1.29 is 10.2 Å². The molecule has 0 spiro atoms. The van der Waals surface area contributed by atoms with Crippen molar-refractivity contribution in [2.75, 3.05) is 13.2 Å². The Morgan fingerprint density at radius 2 is 1.09 bits per heavy atom. The van der Waals surface area contributed by atoms with Crippen LogP contribution < -0.4 is 0 Å². The Morgan fingerprint density at radius 1 is 0.682 bits per heavy atom. The summed E-state index contributed by atoms with van der Waals surface area (Å²) in [5, 5.41) is 43.8. The predicted molar refractivity (Wildman–Crippen MR) is 84.0 cm³/mol. The number of aliphatic hydroxyl groups is 2. The van der Waals surface area contributed by atoms with Crippen molar-refractivity contribution in [3.05, 3.63) is 0 Å². The summed E-state index contributed by atoms with van der Waals surface area (Å²) in [4.78, 5) is 0. The standard InChI is InChI=1S/C16H28N4O2/c17-11-7-3-1-5-9-15(13-21)19-20-16(14-22)10-6-2-4-8-12-18/h15-16,21-22H,1-10,13-14H2. The summed E-state index contributed by atoms with van der Waals surface area (Å²) in [5.74, 6) is 0. The molecule has 0 aliphatic heterocycles. The molecule has 0 fully saturated rings. The SMILES string of the molecule is N#CCCCCCC(CO)N=NC(CO)CCCCCC#N. The molecular weight excluding hydrogens is 280 g/mol. The number of aliphatic hydroxyl groups excluding tert-OH is 2. The van der Waals surface area contributed by atoms with Gasteiger partial charge in [0.05, 0.1) is 37.4 Å². The zero-order valence-corrected chi connectivity index (χ0v) is 13.3. The van der Waals surface area contributed by atoms with Gasteiger partial charge in [0, 0.05) is 12.8 Å². The van der Waals surface area contributed by atoms with Crippen LogP contribution in [-0.2, 0) is 0 Å². The van der Waals surface area contributed by atoms with Crippen LogP contribution in [0.5, 0.6) is 0 Å². The maximum atomic E-state index is 9.29. The van der Waals surface area contributed by atoms with Crippen molar-refractivity contribution in [3.63, 3.8) is 0 Å². The fourth-order valence-corrected chi connectivity index (χ4v) is 2.08. The fourth-order valence-electron chi connectivity index (χ4n) is 2.08. The maximum absolute atomic E-state index is 9.29. The van der Waals surface area contributed by atoms with Crippen molar-refractivity contribution in [2.45, 2.75) is 76.3 Å². The van der Waals surface area contributed by atoms with Gasteiger partial charge in [-0.1, -0.05) is 25.7 Å². The minimum absolute atomic E-state index is 0.0396. The molecular formula is C16H28N4O2. The van der Waals surface area contributed by atoms with Gasteiger partial charge in [0.15, 0.2) is 0 Å². The quantitative estimate of drug-likeness (QED) is 0.379. The molecule has 0 saturated carbocycles. The van der Waals surface area contributed by atoms with Crippen LogP contribution in [0.3, 0.4) is 0 Å². The lowest BCUT2D eigenvalue weighted by atomic mass is 10.1. The van der Waals surface area contributed by atoms with E-state index in [0.717, 1.165) is 51.4 Å². The predicted octanol–water partition coefficient (Wildman–Crippen LogP) is 3.11. The van der Waals surface area contributed by atoms with E-state index < -0.39 is 0 Å². The van der Waals surface area contributed by atoms with E-state index in [1.54, 1.807) is 0 Å². The van der Waals surface area contributed by atoms with Gasteiger partial charge in [0.25, 0.3) is 0 Å². The molecule has 2 atom stereocenters. The number of azo groups is 1. The summed E-state index contributed by atoms with van der Waals surface area (Å²) in [6, 6.07) is 3.80. The van der Waals surface area contributed by atoms with Crippen molar-refractivity contribution in [3.8, 4) is 12.1 Å². The summed E-state index contributed by atoms with van der Waals surface area (Å²) < 4.78 is 0. The Labute approximate surface area is 133 Å². The first-order valence-electron chi connectivity index (χ1n) is 8.14. The van der Waals surface area contributed by atoms with E-state index in [1.807, 2.05) is 0 Å². The van der Waals surface area contributed by atoms with E-state index >= 15 is 0 Å².